The third kappa shape index (κ3) is 7.04. The van der Waals surface area contributed by atoms with E-state index in [4.69, 9.17) is 0 Å². The number of hydrogen-bond donors (Lipinski definition) is 2. The predicted octanol–water partition coefficient (Wildman–Crippen LogP) is 2.76. The summed E-state index contributed by atoms with van der Waals surface area (Å²) in [6.45, 7) is 11.3. The number of amides is 3. The van der Waals surface area contributed by atoms with Gasteiger partial charge in [0.1, 0.15) is 6.04 Å². The molecule has 0 unspecified atom stereocenters. The lowest BCUT2D eigenvalue weighted by Gasteiger charge is -2.36. The highest BCUT2D eigenvalue weighted by Crippen LogP contribution is 2.25. The number of piperidine rings is 1. The van der Waals surface area contributed by atoms with Crippen molar-refractivity contribution in [3.05, 3.63) is 48.6 Å². The summed E-state index contributed by atoms with van der Waals surface area (Å²) in [5.41, 5.74) is 0.469. The monoisotopic (exact) mass is 399 g/mol. The molecule has 0 spiro atoms. The summed E-state index contributed by atoms with van der Waals surface area (Å²) in [4.78, 5) is 39.7. The molecule has 1 heterocycles. The number of likely N-dealkylation sites (tertiary alicyclic amines) is 1. The van der Waals surface area contributed by atoms with Crippen LogP contribution in [0.2, 0.25) is 0 Å². The lowest BCUT2D eigenvalue weighted by atomic mass is 9.87. The van der Waals surface area contributed by atoms with E-state index in [-0.39, 0.29) is 29.1 Å². The molecule has 0 aromatic heterocycles. The Bertz CT molecular complexity index is 717. The zero-order chi connectivity index (χ0) is 21.4. The van der Waals surface area contributed by atoms with Crippen LogP contribution >= 0.6 is 0 Å². The molecule has 1 aromatic carbocycles. The van der Waals surface area contributed by atoms with Crippen LogP contribution in [0, 0.1) is 11.3 Å². The van der Waals surface area contributed by atoms with E-state index in [0.717, 1.165) is 0 Å². The molecule has 1 aliphatic heterocycles. The number of hydrogen-bond acceptors (Lipinski definition) is 3. The molecular weight excluding hydrogens is 366 g/mol. The first-order valence-corrected chi connectivity index (χ1v) is 10.2. The lowest BCUT2D eigenvalue weighted by Crippen LogP contribution is -2.54. The second-order valence-electron chi connectivity index (χ2n) is 8.81. The van der Waals surface area contributed by atoms with E-state index in [1.165, 1.54) is 0 Å². The van der Waals surface area contributed by atoms with Gasteiger partial charge < -0.3 is 15.5 Å². The van der Waals surface area contributed by atoms with Gasteiger partial charge in [0.25, 0.3) is 5.91 Å². The first-order chi connectivity index (χ1) is 13.7. The van der Waals surface area contributed by atoms with E-state index >= 15 is 0 Å². The first-order valence-electron chi connectivity index (χ1n) is 10.2. The van der Waals surface area contributed by atoms with Crippen molar-refractivity contribution in [1.82, 2.24) is 15.5 Å². The van der Waals surface area contributed by atoms with Gasteiger partial charge in [0.05, 0.1) is 0 Å². The molecule has 6 heteroatoms. The van der Waals surface area contributed by atoms with E-state index in [9.17, 15) is 14.4 Å². The fourth-order valence-corrected chi connectivity index (χ4v) is 3.54. The van der Waals surface area contributed by atoms with Gasteiger partial charge in [0.15, 0.2) is 0 Å². The van der Waals surface area contributed by atoms with Crippen LogP contribution in [0.1, 0.15) is 50.4 Å². The smallest absolute Gasteiger partial charge is 0.251 e. The molecule has 6 nitrogen and oxygen atoms in total. The summed E-state index contributed by atoms with van der Waals surface area (Å²) in [5.74, 6) is -0.354. The fraction of sp³-hybridized carbons (Fsp3) is 0.522. The minimum atomic E-state index is -0.637. The second kappa shape index (κ2) is 10.2. The number of rotatable bonds is 7. The topological polar surface area (TPSA) is 78.5 Å². The molecule has 1 atom stereocenters. The molecule has 29 heavy (non-hydrogen) atoms. The zero-order valence-corrected chi connectivity index (χ0v) is 17.7. The molecular formula is C23H33N3O3. The molecule has 0 radical (unpaired) electrons. The lowest BCUT2D eigenvalue weighted by molar-refractivity contribution is -0.134. The second-order valence-corrected chi connectivity index (χ2v) is 8.81. The normalized spacial score (nSPS) is 16.0. The molecule has 3 amide bonds. The van der Waals surface area contributed by atoms with E-state index in [2.05, 4.69) is 38.0 Å². The highest BCUT2D eigenvalue weighted by molar-refractivity contribution is 5.97. The van der Waals surface area contributed by atoms with Crippen LogP contribution in [0.5, 0.6) is 0 Å². The summed E-state index contributed by atoms with van der Waals surface area (Å²) >= 11 is 0. The molecule has 2 rings (SSSR count). The van der Waals surface area contributed by atoms with Crippen LogP contribution in [0.3, 0.4) is 0 Å². The quantitative estimate of drug-likeness (QED) is 0.692. The summed E-state index contributed by atoms with van der Waals surface area (Å²) in [6, 6.07) is 8.24. The predicted molar refractivity (Wildman–Crippen MR) is 114 cm³/mol. The molecule has 1 saturated heterocycles. The van der Waals surface area contributed by atoms with E-state index in [1.54, 1.807) is 30.3 Å². The van der Waals surface area contributed by atoms with Crippen LogP contribution < -0.4 is 10.6 Å². The van der Waals surface area contributed by atoms with Gasteiger partial charge in [0.2, 0.25) is 11.8 Å². The molecule has 0 bridgehead atoms. The maximum atomic E-state index is 12.7. The van der Waals surface area contributed by atoms with Crippen LogP contribution in [0.4, 0.5) is 0 Å². The van der Waals surface area contributed by atoms with Crippen molar-refractivity contribution in [1.29, 1.82) is 0 Å². The van der Waals surface area contributed by atoms with E-state index < -0.39 is 6.04 Å². The first kappa shape index (κ1) is 22.7. The third-order valence-corrected chi connectivity index (χ3v) is 5.07. The SMILES string of the molecule is C=CCNC(=O)[C@H](NC(=O)c1ccccc1)C1CCN(C(=O)CC(C)(C)C)CC1. The highest BCUT2D eigenvalue weighted by atomic mass is 16.2. The Labute approximate surface area is 173 Å². The van der Waals surface area contributed by atoms with Crippen molar-refractivity contribution < 1.29 is 14.4 Å². The van der Waals surface area contributed by atoms with Crippen LogP contribution in [0.15, 0.2) is 43.0 Å². The molecule has 158 valence electrons. The van der Waals surface area contributed by atoms with Gasteiger partial charge in [-0.15, -0.1) is 6.58 Å². The van der Waals surface area contributed by atoms with Crippen molar-refractivity contribution in [2.24, 2.45) is 11.3 Å². The molecule has 2 N–H and O–H groups in total. The van der Waals surface area contributed by atoms with Gasteiger partial charge in [-0.3, -0.25) is 14.4 Å². The van der Waals surface area contributed by atoms with Gasteiger partial charge in [-0.25, -0.2) is 0 Å². The van der Waals surface area contributed by atoms with Gasteiger partial charge in [-0.1, -0.05) is 45.0 Å². The Morgan fingerprint density at radius 2 is 1.79 bits per heavy atom. The maximum Gasteiger partial charge on any atom is 0.251 e. The van der Waals surface area contributed by atoms with Gasteiger partial charge in [-0.2, -0.15) is 0 Å². The summed E-state index contributed by atoms with van der Waals surface area (Å²) in [7, 11) is 0. The number of nitrogens with one attached hydrogen (secondary N) is 2. The van der Waals surface area contributed by atoms with Crippen molar-refractivity contribution in [3.8, 4) is 0 Å². The van der Waals surface area contributed by atoms with E-state index in [1.807, 2.05) is 11.0 Å². The number of carbonyl (C=O) groups excluding carboxylic acids is 3. The van der Waals surface area contributed by atoms with Gasteiger partial charge >= 0.3 is 0 Å². The molecule has 0 saturated carbocycles. The standard InChI is InChI=1S/C23H33N3O3/c1-5-13-24-22(29)20(25-21(28)18-9-7-6-8-10-18)17-11-14-26(15-12-17)19(27)16-23(2,3)4/h5-10,17,20H,1,11-16H2,2-4H3,(H,24,29)(H,25,28)/t20-/m1/s1. The molecule has 1 aromatic rings. The van der Waals surface area contributed by atoms with Crippen molar-refractivity contribution in [3.63, 3.8) is 0 Å². The largest absolute Gasteiger partial charge is 0.351 e. The Balaban J connectivity index is 2.04. The number of benzene rings is 1. The van der Waals surface area contributed by atoms with Crippen molar-refractivity contribution >= 4 is 17.7 Å². The van der Waals surface area contributed by atoms with Crippen LogP contribution in [-0.2, 0) is 9.59 Å². The van der Waals surface area contributed by atoms with Crippen LogP contribution in [-0.4, -0.2) is 48.3 Å². The number of nitrogens with zero attached hydrogens (tertiary/aromatic N) is 1. The Morgan fingerprint density at radius 3 is 2.34 bits per heavy atom. The highest BCUT2D eigenvalue weighted by Gasteiger charge is 2.34. The Kier molecular flexibility index (Phi) is 8.00. The zero-order valence-electron chi connectivity index (χ0n) is 17.7. The molecule has 0 aliphatic carbocycles. The maximum absolute atomic E-state index is 12.7. The summed E-state index contributed by atoms with van der Waals surface area (Å²) in [5, 5.41) is 5.70. The van der Waals surface area contributed by atoms with Gasteiger partial charge in [-0.05, 0) is 36.3 Å². The van der Waals surface area contributed by atoms with Crippen molar-refractivity contribution in [2.45, 2.75) is 46.1 Å². The molecule has 1 aliphatic rings. The Hall–Kier alpha value is -2.63. The number of carbonyl (C=O) groups is 3. The summed E-state index contributed by atoms with van der Waals surface area (Å²) in [6.07, 6.45) is 3.47. The van der Waals surface area contributed by atoms with Crippen LogP contribution in [0.25, 0.3) is 0 Å². The Morgan fingerprint density at radius 1 is 1.17 bits per heavy atom. The minimum absolute atomic E-state index is 0.0221. The minimum Gasteiger partial charge on any atom is -0.351 e. The summed E-state index contributed by atoms with van der Waals surface area (Å²) < 4.78 is 0. The third-order valence-electron chi connectivity index (χ3n) is 5.07. The average molecular weight is 400 g/mol. The van der Waals surface area contributed by atoms with Crippen molar-refractivity contribution in [2.75, 3.05) is 19.6 Å². The van der Waals surface area contributed by atoms with Gasteiger partial charge in [0, 0.05) is 31.6 Å². The van der Waals surface area contributed by atoms with E-state index in [0.29, 0.717) is 44.5 Å². The fourth-order valence-electron chi connectivity index (χ4n) is 3.54. The average Bonchev–Trinajstić information content (AvgIpc) is 2.69. The molecule has 1 fully saturated rings.